The van der Waals surface area contributed by atoms with E-state index in [0.717, 1.165) is 5.56 Å². The lowest BCUT2D eigenvalue weighted by Crippen LogP contribution is -2.43. The van der Waals surface area contributed by atoms with Crippen LogP contribution in [-0.4, -0.2) is 31.7 Å². The number of carbonyl (C=O) groups is 1. The second-order valence-corrected chi connectivity index (χ2v) is 9.99. The van der Waals surface area contributed by atoms with E-state index in [0.29, 0.717) is 28.5 Å². The smallest absolute Gasteiger partial charge is 0.243 e. The van der Waals surface area contributed by atoms with E-state index in [2.05, 4.69) is 5.32 Å². The molecule has 0 spiro atoms. The SMILES string of the molecule is CC(NC(=O)C1CCN(S(=O)(=O)c2ccc(C#N)cc2)CC1)c1ccc(Cl)cc1Cl. The Labute approximate surface area is 186 Å². The van der Waals surface area contributed by atoms with Crippen LogP contribution in [0.2, 0.25) is 10.0 Å². The Kier molecular flexibility index (Phi) is 7.04. The van der Waals surface area contributed by atoms with Gasteiger partial charge in [0.2, 0.25) is 15.9 Å². The summed E-state index contributed by atoms with van der Waals surface area (Å²) in [5, 5.41) is 12.8. The molecule has 30 heavy (non-hydrogen) atoms. The van der Waals surface area contributed by atoms with Crippen molar-refractivity contribution in [1.82, 2.24) is 9.62 Å². The molecule has 1 heterocycles. The average molecular weight is 466 g/mol. The number of sulfonamides is 1. The van der Waals surface area contributed by atoms with E-state index in [1.54, 1.807) is 18.2 Å². The van der Waals surface area contributed by atoms with Crippen LogP contribution in [0.15, 0.2) is 47.4 Å². The molecule has 3 rings (SSSR count). The number of amides is 1. The fourth-order valence-electron chi connectivity index (χ4n) is 3.47. The topological polar surface area (TPSA) is 90.3 Å². The van der Waals surface area contributed by atoms with Crippen LogP contribution in [0.3, 0.4) is 0 Å². The Morgan fingerprint density at radius 3 is 2.37 bits per heavy atom. The van der Waals surface area contributed by atoms with Gasteiger partial charge in [-0.1, -0.05) is 29.3 Å². The van der Waals surface area contributed by atoms with Crippen LogP contribution in [0.4, 0.5) is 0 Å². The second-order valence-electron chi connectivity index (χ2n) is 7.21. The number of hydrogen-bond acceptors (Lipinski definition) is 4. The van der Waals surface area contributed by atoms with Crippen LogP contribution >= 0.6 is 23.2 Å². The lowest BCUT2D eigenvalue weighted by Gasteiger charge is -2.31. The highest BCUT2D eigenvalue weighted by atomic mass is 35.5. The molecule has 0 bridgehead atoms. The van der Waals surface area contributed by atoms with E-state index in [9.17, 15) is 13.2 Å². The molecular weight excluding hydrogens is 445 g/mol. The minimum atomic E-state index is -3.65. The van der Waals surface area contributed by atoms with Crippen molar-refractivity contribution in [2.75, 3.05) is 13.1 Å². The van der Waals surface area contributed by atoms with Gasteiger partial charge in [0.05, 0.1) is 22.6 Å². The monoisotopic (exact) mass is 465 g/mol. The van der Waals surface area contributed by atoms with Crippen LogP contribution in [0.25, 0.3) is 0 Å². The van der Waals surface area contributed by atoms with E-state index in [-0.39, 0.29) is 35.9 Å². The van der Waals surface area contributed by atoms with Gasteiger partial charge in [-0.2, -0.15) is 9.57 Å². The normalized spacial score (nSPS) is 16.6. The second kappa shape index (κ2) is 9.36. The van der Waals surface area contributed by atoms with Gasteiger partial charge >= 0.3 is 0 Å². The predicted octanol–water partition coefficient (Wildman–Crippen LogP) is 4.14. The first kappa shape index (κ1) is 22.6. The fraction of sp³-hybridized carbons (Fsp3) is 0.333. The zero-order valence-corrected chi connectivity index (χ0v) is 18.6. The molecule has 1 aliphatic heterocycles. The zero-order valence-electron chi connectivity index (χ0n) is 16.3. The van der Waals surface area contributed by atoms with Gasteiger partial charge in [-0.3, -0.25) is 4.79 Å². The third-order valence-electron chi connectivity index (χ3n) is 5.23. The Hall–Kier alpha value is -2.11. The summed E-state index contributed by atoms with van der Waals surface area (Å²) in [5.74, 6) is -0.394. The average Bonchev–Trinajstić information content (AvgIpc) is 2.73. The Bertz CT molecular complexity index is 1070. The molecule has 0 aromatic heterocycles. The van der Waals surface area contributed by atoms with E-state index in [4.69, 9.17) is 28.5 Å². The highest BCUT2D eigenvalue weighted by Crippen LogP contribution is 2.28. The quantitative estimate of drug-likeness (QED) is 0.717. The number of carbonyl (C=O) groups excluding carboxylic acids is 1. The van der Waals surface area contributed by atoms with Gasteiger partial charge < -0.3 is 5.32 Å². The van der Waals surface area contributed by atoms with Crippen LogP contribution in [0.1, 0.15) is 36.9 Å². The maximum Gasteiger partial charge on any atom is 0.243 e. The lowest BCUT2D eigenvalue weighted by atomic mass is 9.96. The van der Waals surface area contributed by atoms with Crippen LogP contribution in [0.5, 0.6) is 0 Å². The van der Waals surface area contributed by atoms with Crippen molar-refractivity contribution >= 4 is 39.1 Å². The van der Waals surface area contributed by atoms with Gasteiger partial charge in [0.15, 0.2) is 0 Å². The first-order chi connectivity index (χ1) is 14.2. The van der Waals surface area contributed by atoms with Gasteiger partial charge in [-0.05, 0) is 61.7 Å². The number of hydrogen-bond donors (Lipinski definition) is 1. The molecule has 2 aromatic carbocycles. The van der Waals surface area contributed by atoms with E-state index in [1.165, 1.54) is 28.6 Å². The third kappa shape index (κ3) is 4.96. The largest absolute Gasteiger partial charge is 0.349 e. The maximum absolute atomic E-state index is 12.8. The van der Waals surface area contributed by atoms with Crippen molar-refractivity contribution in [3.8, 4) is 6.07 Å². The number of nitriles is 1. The predicted molar refractivity (Wildman–Crippen MR) is 116 cm³/mol. The summed E-state index contributed by atoms with van der Waals surface area (Å²) >= 11 is 12.1. The molecule has 0 radical (unpaired) electrons. The number of nitrogens with one attached hydrogen (secondary N) is 1. The van der Waals surface area contributed by atoms with Crippen molar-refractivity contribution in [2.24, 2.45) is 5.92 Å². The molecule has 1 saturated heterocycles. The van der Waals surface area contributed by atoms with Gasteiger partial charge in [-0.25, -0.2) is 8.42 Å². The van der Waals surface area contributed by atoms with Crippen molar-refractivity contribution in [3.63, 3.8) is 0 Å². The molecule has 1 atom stereocenters. The number of nitrogens with zero attached hydrogens (tertiary/aromatic N) is 2. The fourth-order valence-corrected chi connectivity index (χ4v) is 5.51. The lowest BCUT2D eigenvalue weighted by molar-refractivity contribution is -0.126. The minimum absolute atomic E-state index is 0.121. The van der Waals surface area contributed by atoms with Crippen LogP contribution in [-0.2, 0) is 14.8 Å². The molecule has 1 N–H and O–H groups in total. The van der Waals surface area contributed by atoms with Crippen molar-refractivity contribution in [2.45, 2.75) is 30.7 Å². The van der Waals surface area contributed by atoms with Gasteiger partial charge in [0.25, 0.3) is 0 Å². The molecule has 1 amide bonds. The summed E-state index contributed by atoms with van der Waals surface area (Å²) < 4.78 is 27.0. The molecule has 158 valence electrons. The summed E-state index contributed by atoms with van der Waals surface area (Å²) in [4.78, 5) is 12.8. The van der Waals surface area contributed by atoms with E-state index in [1.807, 2.05) is 13.0 Å². The summed E-state index contributed by atoms with van der Waals surface area (Å²) in [6.45, 7) is 2.37. The number of piperidine rings is 1. The molecule has 2 aromatic rings. The zero-order chi connectivity index (χ0) is 21.9. The molecule has 9 heteroatoms. The highest BCUT2D eigenvalue weighted by molar-refractivity contribution is 7.89. The molecule has 1 unspecified atom stereocenters. The highest BCUT2D eigenvalue weighted by Gasteiger charge is 2.32. The van der Waals surface area contributed by atoms with Gasteiger partial charge in [0.1, 0.15) is 0 Å². The number of rotatable bonds is 5. The Morgan fingerprint density at radius 2 is 1.80 bits per heavy atom. The van der Waals surface area contributed by atoms with Crippen LogP contribution in [0, 0.1) is 17.2 Å². The maximum atomic E-state index is 12.8. The van der Waals surface area contributed by atoms with E-state index >= 15 is 0 Å². The molecule has 6 nitrogen and oxygen atoms in total. The Balaban J connectivity index is 1.60. The summed E-state index contributed by atoms with van der Waals surface area (Å²) in [6.07, 6.45) is 0.866. The van der Waals surface area contributed by atoms with Crippen molar-refractivity contribution in [3.05, 3.63) is 63.6 Å². The minimum Gasteiger partial charge on any atom is -0.349 e. The first-order valence-electron chi connectivity index (χ1n) is 9.48. The molecular formula is C21H21Cl2N3O3S. The summed E-state index contributed by atoms with van der Waals surface area (Å²) in [6, 6.07) is 12.6. The van der Waals surface area contributed by atoms with E-state index < -0.39 is 10.0 Å². The first-order valence-corrected chi connectivity index (χ1v) is 11.7. The number of benzene rings is 2. The van der Waals surface area contributed by atoms with Crippen molar-refractivity contribution in [1.29, 1.82) is 5.26 Å². The van der Waals surface area contributed by atoms with Crippen molar-refractivity contribution < 1.29 is 13.2 Å². The standard InChI is InChI=1S/C21H21Cl2N3O3S/c1-14(19-7-4-17(22)12-20(19)23)25-21(27)16-8-10-26(11-9-16)30(28,29)18-5-2-15(13-24)3-6-18/h2-7,12,14,16H,8-11H2,1H3,(H,25,27). The molecule has 0 saturated carbocycles. The third-order valence-corrected chi connectivity index (χ3v) is 7.71. The molecule has 0 aliphatic carbocycles. The van der Waals surface area contributed by atoms with Gasteiger partial charge in [-0.15, -0.1) is 0 Å². The summed E-state index contributed by atoms with van der Waals surface area (Å²) in [5.41, 5.74) is 1.18. The van der Waals surface area contributed by atoms with Gasteiger partial charge in [0, 0.05) is 29.1 Å². The van der Waals surface area contributed by atoms with Crippen LogP contribution < -0.4 is 5.32 Å². The number of halogens is 2. The Morgan fingerprint density at radius 1 is 1.17 bits per heavy atom. The summed E-state index contributed by atoms with van der Waals surface area (Å²) in [7, 11) is -3.65. The molecule has 1 fully saturated rings. The molecule has 1 aliphatic rings.